The highest BCUT2D eigenvalue weighted by atomic mass is 32.2. The van der Waals surface area contributed by atoms with Crippen molar-refractivity contribution in [3.8, 4) is 11.5 Å². The quantitative estimate of drug-likeness (QED) is 0.381. The zero-order valence-corrected chi connectivity index (χ0v) is 20.0. The third-order valence-corrected chi connectivity index (χ3v) is 7.34. The number of rotatable bonds is 8. The van der Waals surface area contributed by atoms with E-state index in [0.29, 0.717) is 22.9 Å². The lowest BCUT2D eigenvalue weighted by Crippen LogP contribution is -2.36. The second-order valence-corrected chi connectivity index (χ2v) is 9.47. The fourth-order valence-electron chi connectivity index (χ4n) is 3.70. The van der Waals surface area contributed by atoms with Gasteiger partial charge in [-0.1, -0.05) is 13.3 Å². The maximum absolute atomic E-state index is 13.5. The van der Waals surface area contributed by atoms with Crippen molar-refractivity contribution in [1.82, 2.24) is 4.31 Å². The van der Waals surface area contributed by atoms with E-state index in [1.807, 2.05) is 6.92 Å². The maximum atomic E-state index is 13.5. The topological polar surface area (TPSA) is 99.2 Å². The summed E-state index contributed by atoms with van der Waals surface area (Å²) in [5.41, 5.74) is -1.22. The molecule has 0 radical (unpaired) electrons. The highest BCUT2D eigenvalue weighted by molar-refractivity contribution is 7.90. The molecule has 0 bridgehead atoms. The smallest absolute Gasteiger partial charge is 0.416 e. The van der Waals surface area contributed by atoms with Gasteiger partial charge in [0.1, 0.15) is 16.4 Å². The number of carbonyl (C=O) groups is 2. The molecule has 35 heavy (non-hydrogen) atoms. The van der Waals surface area contributed by atoms with Crippen molar-refractivity contribution in [2.45, 2.75) is 43.3 Å². The van der Waals surface area contributed by atoms with Gasteiger partial charge in [-0.25, -0.2) is 12.7 Å². The minimum Gasteiger partial charge on any atom is -0.497 e. The number of halogens is 3. The molecule has 12 heteroatoms. The van der Waals surface area contributed by atoms with Gasteiger partial charge in [-0.2, -0.15) is 13.2 Å². The lowest BCUT2D eigenvalue weighted by atomic mass is 10.0. The van der Waals surface area contributed by atoms with Gasteiger partial charge in [0.05, 0.1) is 38.9 Å². The van der Waals surface area contributed by atoms with Crippen LogP contribution in [0.2, 0.25) is 0 Å². The van der Waals surface area contributed by atoms with Crippen molar-refractivity contribution < 1.29 is 45.4 Å². The van der Waals surface area contributed by atoms with Crippen molar-refractivity contribution >= 4 is 21.9 Å². The second kappa shape index (κ2) is 10.1. The van der Waals surface area contributed by atoms with Crippen LogP contribution in [0.4, 0.5) is 13.2 Å². The number of hydrogen-bond donors (Lipinski definition) is 0. The molecule has 1 aliphatic rings. The summed E-state index contributed by atoms with van der Waals surface area (Å²) in [5.74, 6) is -1.71. The Morgan fingerprint density at radius 3 is 2.26 bits per heavy atom. The van der Waals surface area contributed by atoms with Crippen molar-refractivity contribution in [3.63, 3.8) is 0 Å². The molecular formula is C23H24F3NO7S. The van der Waals surface area contributed by atoms with Crippen LogP contribution in [-0.4, -0.2) is 45.4 Å². The zero-order chi connectivity index (χ0) is 26.0. The molecule has 0 N–H and O–H groups in total. The van der Waals surface area contributed by atoms with Crippen LogP contribution in [0.1, 0.15) is 53.7 Å². The third kappa shape index (κ3) is 5.21. The van der Waals surface area contributed by atoms with Crippen LogP contribution in [0.5, 0.6) is 11.5 Å². The van der Waals surface area contributed by atoms with Crippen LogP contribution >= 0.6 is 0 Å². The number of fused-ring (bicyclic) bond motifs is 1. The SMILES string of the molecule is CCCCOC(=O)CC1c2cc(OC)cc(OC)c2S(=O)(=O)N1C(=O)c1ccc(C(F)(F)F)cc1. The van der Waals surface area contributed by atoms with Gasteiger partial charge < -0.3 is 14.2 Å². The molecular weight excluding hydrogens is 491 g/mol. The molecule has 0 aliphatic carbocycles. The van der Waals surface area contributed by atoms with Gasteiger partial charge in [-0.15, -0.1) is 0 Å². The molecule has 1 unspecified atom stereocenters. The number of ether oxygens (including phenoxy) is 3. The molecule has 1 aliphatic heterocycles. The summed E-state index contributed by atoms with van der Waals surface area (Å²) in [5, 5.41) is 0. The molecule has 0 aromatic heterocycles. The van der Waals surface area contributed by atoms with E-state index in [9.17, 15) is 31.2 Å². The van der Waals surface area contributed by atoms with Gasteiger partial charge in [0.25, 0.3) is 15.9 Å². The molecule has 1 amide bonds. The largest absolute Gasteiger partial charge is 0.497 e. The van der Waals surface area contributed by atoms with Crippen LogP contribution in [0, 0.1) is 0 Å². The summed E-state index contributed by atoms with van der Waals surface area (Å²) in [6.45, 7) is 2.02. The van der Waals surface area contributed by atoms with Gasteiger partial charge in [0.15, 0.2) is 0 Å². The number of esters is 1. The third-order valence-electron chi connectivity index (χ3n) is 5.45. The summed E-state index contributed by atoms with van der Waals surface area (Å²) < 4.78 is 81.9. The van der Waals surface area contributed by atoms with E-state index in [4.69, 9.17) is 14.2 Å². The Morgan fingerprint density at radius 1 is 1.06 bits per heavy atom. The Bertz CT molecular complexity index is 1210. The van der Waals surface area contributed by atoms with Crippen molar-refractivity contribution in [3.05, 3.63) is 53.1 Å². The van der Waals surface area contributed by atoms with Crippen LogP contribution in [0.25, 0.3) is 0 Å². The van der Waals surface area contributed by atoms with Crippen LogP contribution in [0.15, 0.2) is 41.3 Å². The minimum atomic E-state index is -4.63. The molecule has 190 valence electrons. The molecule has 1 atom stereocenters. The zero-order valence-electron chi connectivity index (χ0n) is 19.2. The average molecular weight is 516 g/mol. The predicted octanol–water partition coefficient (Wildman–Crippen LogP) is 4.34. The van der Waals surface area contributed by atoms with Gasteiger partial charge in [0, 0.05) is 17.2 Å². The second-order valence-electron chi connectivity index (χ2n) is 7.72. The van der Waals surface area contributed by atoms with E-state index in [0.717, 1.165) is 18.6 Å². The standard InChI is InChI=1S/C23H24F3NO7S/c1-4-5-10-34-20(28)13-18-17-11-16(32-2)12-19(33-3)21(17)35(30,31)27(18)22(29)14-6-8-15(9-7-14)23(24,25)26/h6-9,11-12,18H,4-5,10,13H2,1-3H3. The van der Waals surface area contributed by atoms with E-state index in [1.165, 1.54) is 26.4 Å². The first kappa shape index (κ1) is 26.3. The number of carbonyl (C=O) groups excluding carboxylic acids is 2. The number of amides is 1. The molecule has 2 aromatic carbocycles. The van der Waals surface area contributed by atoms with Crippen LogP contribution in [0.3, 0.4) is 0 Å². The first-order valence-electron chi connectivity index (χ1n) is 10.6. The molecule has 3 rings (SSSR count). The molecule has 0 spiro atoms. The van der Waals surface area contributed by atoms with E-state index in [2.05, 4.69) is 0 Å². The first-order valence-corrected chi connectivity index (χ1v) is 12.1. The lowest BCUT2D eigenvalue weighted by Gasteiger charge is -2.23. The van der Waals surface area contributed by atoms with E-state index < -0.39 is 46.1 Å². The molecule has 2 aromatic rings. The van der Waals surface area contributed by atoms with Crippen molar-refractivity contribution in [1.29, 1.82) is 0 Å². The predicted molar refractivity (Wildman–Crippen MR) is 118 cm³/mol. The summed E-state index contributed by atoms with van der Waals surface area (Å²) in [4.78, 5) is 25.5. The summed E-state index contributed by atoms with van der Waals surface area (Å²) >= 11 is 0. The average Bonchev–Trinajstić information content (AvgIpc) is 3.03. The molecule has 8 nitrogen and oxygen atoms in total. The monoisotopic (exact) mass is 515 g/mol. The molecule has 0 saturated carbocycles. The fourth-order valence-corrected chi connectivity index (χ4v) is 5.64. The number of sulfonamides is 1. The van der Waals surface area contributed by atoms with Gasteiger partial charge in [-0.05, 0) is 36.8 Å². The van der Waals surface area contributed by atoms with Gasteiger partial charge >= 0.3 is 12.1 Å². The first-order chi connectivity index (χ1) is 16.4. The lowest BCUT2D eigenvalue weighted by molar-refractivity contribution is -0.144. The Labute approximate surface area is 200 Å². The van der Waals surface area contributed by atoms with E-state index in [-0.39, 0.29) is 34.1 Å². The summed E-state index contributed by atoms with van der Waals surface area (Å²) in [6, 6.07) is 4.51. The Balaban J connectivity index is 2.09. The van der Waals surface area contributed by atoms with Crippen molar-refractivity contribution in [2.75, 3.05) is 20.8 Å². The maximum Gasteiger partial charge on any atom is 0.416 e. The summed E-state index contributed by atoms with van der Waals surface area (Å²) in [7, 11) is -1.96. The number of alkyl halides is 3. The Morgan fingerprint density at radius 2 is 1.71 bits per heavy atom. The van der Waals surface area contributed by atoms with Crippen molar-refractivity contribution in [2.24, 2.45) is 0 Å². The number of unbranched alkanes of at least 4 members (excludes halogenated alkanes) is 1. The van der Waals surface area contributed by atoms with E-state index in [1.54, 1.807) is 0 Å². The number of nitrogens with zero attached hydrogens (tertiary/aromatic N) is 1. The van der Waals surface area contributed by atoms with E-state index >= 15 is 0 Å². The number of hydrogen-bond acceptors (Lipinski definition) is 7. The summed E-state index contributed by atoms with van der Waals surface area (Å²) in [6.07, 6.45) is -3.77. The molecule has 0 fully saturated rings. The number of methoxy groups -OCH3 is 2. The fraction of sp³-hybridized carbons (Fsp3) is 0.391. The van der Waals surface area contributed by atoms with Crippen LogP contribution in [-0.2, 0) is 25.7 Å². The highest BCUT2D eigenvalue weighted by Gasteiger charge is 2.49. The van der Waals surface area contributed by atoms with Gasteiger partial charge in [-0.3, -0.25) is 9.59 Å². The minimum absolute atomic E-state index is 0.0777. The van der Waals surface area contributed by atoms with Gasteiger partial charge in [0.2, 0.25) is 0 Å². The normalized spacial score (nSPS) is 16.5. The molecule has 0 saturated heterocycles. The van der Waals surface area contributed by atoms with Crippen LogP contribution < -0.4 is 9.47 Å². The Kier molecular flexibility index (Phi) is 7.63. The highest BCUT2D eigenvalue weighted by Crippen LogP contribution is 2.48. The number of benzene rings is 2. The molecule has 1 heterocycles. The Hall–Kier alpha value is -3.28.